The molecule has 0 fully saturated rings. The first-order chi connectivity index (χ1) is 13.3. The predicted molar refractivity (Wildman–Crippen MR) is 108 cm³/mol. The summed E-state index contributed by atoms with van der Waals surface area (Å²) in [6, 6.07) is 0. The molecule has 9 nitrogen and oxygen atoms in total. The Morgan fingerprint density at radius 2 is 2.04 bits per heavy atom. The molecule has 0 aromatic carbocycles. The minimum Gasteiger partial charge on any atom is -0.323 e. The van der Waals surface area contributed by atoms with Gasteiger partial charge < -0.3 is 10.2 Å². The van der Waals surface area contributed by atoms with Gasteiger partial charge in [0.05, 0.1) is 18.8 Å². The maximum absolute atomic E-state index is 11.9. The first-order valence-corrected chi connectivity index (χ1v) is 9.50. The number of rotatable bonds is 7. The van der Waals surface area contributed by atoms with E-state index in [0.29, 0.717) is 30.6 Å². The molecule has 0 aliphatic heterocycles. The lowest BCUT2D eigenvalue weighted by Gasteiger charge is -2.19. The van der Waals surface area contributed by atoms with E-state index < -0.39 is 6.09 Å². The number of amidine groups is 1. The van der Waals surface area contributed by atoms with Crippen LogP contribution in [0.4, 0.5) is 4.79 Å². The maximum Gasteiger partial charge on any atom is 0.431 e. The molecule has 1 amide bonds. The van der Waals surface area contributed by atoms with Gasteiger partial charge in [0.15, 0.2) is 0 Å². The number of nitrogens with zero attached hydrogens (tertiary/aromatic N) is 5. The van der Waals surface area contributed by atoms with Gasteiger partial charge in [-0.2, -0.15) is 10.2 Å². The summed E-state index contributed by atoms with van der Waals surface area (Å²) >= 11 is 0. The molecule has 2 N–H and O–H groups in total. The van der Waals surface area contributed by atoms with Crippen LogP contribution in [0.5, 0.6) is 0 Å². The van der Waals surface area contributed by atoms with Crippen molar-refractivity contribution in [2.75, 3.05) is 7.05 Å². The first-order valence-electron chi connectivity index (χ1n) is 9.50. The third kappa shape index (κ3) is 5.58. The summed E-state index contributed by atoms with van der Waals surface area (Å²) in [5.41, 5.74) is 5.80. The number of hydrogen-bond donors (Lipinski definition) is 2. The van der Waals surface area contributed by atoms with Crippen LogP contribution in [0.3, 0.4) is 0 Å². The van der Waals surface area contributed by atoms with Gasteiger partial charge in [-0.15, -0.1) is 0 Å². The number of amides is 1. The van der Waals surface area contributed by atoms with Crippen LogP contribution >= 0.6 is 0 Å². The second-order valence-electron chi connectivity index (χ2n) is 7.06. The van der Waals surface area contributed by atoms with Crippen molar-refractivity contribution in [2.24, 2.45) is 25.0 Å². The van der Waals surface area contributed by atoms with Crippen LogP contribution in [-0.2, 0) is 31.9 Å². The summed E-state index contributed by atoms with van der Waals surface area (Å²) in [6.07, 6.45) is 6.45. The average Bonchev–Trinajstić information content (AvgIpc) is 3.27. The molecule has 1 unspecified atom stereocenters. The zero-order valence-electron chi connectivity index (χ0n) is 17.6. The number of nitrogens with one attached hydrogen (secondary N) is 2. The van der Waals surface area contributed by atoms with Crippen molar-refractivity contribution in [3.8, 4) is 0 Å². The van der Waals surface area contributed by atoms with Crippen molar-refractivity contribution in [1.29, 1.82) is 0 Å². The normalized spacial score (nSPS) is 13.9. The average molecular weight is 390 g/mol. The van der Waals surface area contributed by atoms with E-state index in [4.69, 9.17) is 4.84 Å². The Kier molecular flexibility index (Phi) is 7.60. The van der Waals surface area contributed by atoms with Crippen molar-refractivity contribution < 1.29 is 9.63 Å². The highest BCUT2D eigenvalue weighted by Gasteiger charge is 2.20. The summed E-state index contributed by atoms with van der Waals surface area (Å²) in [5.74, 6) is 1.49. The van der Waals surface area contributed by atoms with E-state index in [1.807, 2.05) is 31.2 Å². The molecule has 154 valence electrons. The topological polar surface area (TPSA) is 98.4 Å². The maximum atomic E-state index is 11.9. The fraction of sp³-hybridized carbons (Fsp3) is 0.579. The molecule has 2 atom stereocenters. The second-order valence-corrected chi connectivity index (χ2v) is 7.06. The standard InChI is InChI=1S/C19H31N7O2/c1-7-13(2)14(3)16-11-23-26(6)17(16)8-18(20-4)24-28-19(27)21-9-15-10-22-25(5)12-15/h10-14H,7-9H2,1-6H3,(H,20,24)(H,21,27)/t13?,14-/m0/s1. The van der Waals surface area contributed by atoms with E-state index >= 15 is 0 Å². The third-order valence-corrected chi connectivity index (χ3v) is 5.14. The lowest BCUT2D eigenvalue weighted by atomic mass is 9.87. The monoisotopic (exact) mass is 389 g/mol. The van der Waals surface area contributed by atoms with Gasteiger partial charge in [0.1, 0.15) is 5.84 Å². The molecule has 0 spiro atoms. The van der Waals surface area contributed by atoms with Gasteiger partial charge >= 0.3 is 6.09 Å². The highest BCUT2D eigenvalue weighted by atomic mass is 16.7. The zero-order valence-corrected chi connectivity index (χ0v) is 17.6. The van der Waals surface area contributed by atoms with Crippen molar-refractivity contribution in [3.05, 3.63) is 35.4 Å². The van der Waals surface area contributed by atoms with Crippen molar-refractivity contribution in [2.45, 2.75) is 46.1 Å². The van der Waals surface area contributed by atoms with Gasteiger partial charge in [-0.1, -0.05) is 27.2 Å². The Hall–Kier alpha value is -2.84. The molecule has 0 aliphatic carbocycles. The molecular weight excluding hydrogens is 358 g/mol. The van der Waals surface area contributed by atoms with Gasteiger partial charge in [-0.25, -0.2) is 10.3 Å². The molecule has 9 heteroatoms. The summed E-state index contributed by atoms with van der Waals surface area (Å²) in [5, 5.41) is 11.1. The van der Waals surface area contributed by atoms with E-state index in [9.17, 15) is 4.79 Å². The number of aryl methyl sites for hydroxylation is 2. The van der Waals surface area contributed by atoms with Crippen LogP contribution in [0.2, 0.25) is 0 Å². The second kappa shape index (κ2) is 9.91. The molecule has 0 aliphatic rings. The molecule has 0 bridgehead atoms. The minimum atomic E-state index is -0.580. The quantitative estimate of drug-likeness (QED) is 0.430. The minimum absolute atomic E-state index is 0.339. The zero-order chi connectivity index (χ0) is 20.7. The molecule has 2 heterocycles. The number of aliphatic imine (C=N–C) groups is 1. The summed E-state index contributed by atoms with van der Waals surface area (Å²) < 4.78 is 3.53. The van der Waals surface area contributed by atoms with E-state index in [-0.39, 0.29) is 0 Å². The molecule has 0 radical (unpaired) electrons. The van der Waals surface area contributed by atoms with E-state index in [0.717, 1.165) is 17.7 Å². The third-order valence-electron chi connectivity index (χ3n) is 5.14. The number of carbonyl (C=O) groups excluding carboxylic acids is 1. The van der Waals surface area contributed by atoms with Crippen LogP contribution < -0.4 is 10.8 Å². The number of carbonyl (C=O) groups is 1. The van der Waals surface area contributed by atoms with Crippen molar-refractivity contribution >= 4 is 11.9 Å². The van der Waals surface area contributed by atoms with Crippen LogP contribution in [0.15, 0.2) is 23.6 Å². The summed E-state index contributed by atoms with van der Waals surface area (Å²) in [4.78, 5) is 21.2. The molecule has 2 aromatic heterocycles. The van der Waals surface area contributed by atoms with Crippen LogP contribution in [0.1, 0.15) is 49.9 Å². The number of hydrogen-bond acceptors (Lipinski definition) is 5. The molecule has 0 saturated heterocycles. The lowest BCUT2D eigenvalue weighted by Crippen LogP contribution is -2.34. The molecule has 28 heavy (non-hydrogen) atoms. The summed E-state index contributed by atoms with van der Waals surface area (Å²) in [7, 11) is 5.40. The van der Waals surface area contributed by atoms with Crippen LogP contribution in [-0.4, -0.2) is 38.5 Å². The molecule has 2 aromatic rings. The fourth-order valence-corrected chi connectivity index (χ4v) is 2.93. The molecule has 2 rings (SSSR count). The van der Waals surface area contributed by atoms with E-state index in [2.05, 4.69) is 46.8 Å². The van der Waals surface area contributed by atoms with Crippen LogP contribution in [0.25, 0.3) is 0 Å². The number of hydroxylamine groups is 1. The fourth-order valence-electron chi connectivity index (χ4n) is 2.93. The summed E-state index contributed by atoms with van der Waals surface area (Å²) in [6.45, 7) is 6.98. The Labute approximate surface area is 166 Å². The highest BCUT2D eigenvalue weighted by molar-refractivity contribution is 5.84. The van der Waals surface area contributed by atoms with Crippen molar-refractivity contribution in [3.63, 3.8) is 0 Å². The van der Waals surface area contributed by atoms with Gasteiger partial charge in [0.25, 0.3) is 0 Å². The highest BCUT2D eigenvalue weighted by Crippen LogP contribution is 2.28. The Bertz CT molecular complexity index is 809. The van der Waals surface area contributed by atoms with E-state index in [1.165, 1.54) is 5.56 Å². The smallest absolute Gasteiger partial charge is 0.323 e. The van der Waals surface area contributed by atoms with E-state index in [1.54, 1.807) is 17.9 Å². The van der Waals surface area contributed by atoms with Gasteiger partial charge in [0.2, 0.25) is 0 Å². The molecule has 0 saturated carbocycles. The first kappa shape index (κ1) is 21.5. The predicted octanol–water partition coefficient (Wildman–Crippen LogP) is 2.30. The number of aromatic nitrogens is 4. The Balaban J connectivity index is 1.92. The van der Waals surface area contributed by atoms with Gasteiger partial charge in [-0.05, 0) is 17.4 Å². The van der Waals surface area contributed by atoms with Crippen molar-refractivity contribution in [1.82, 2.24) is 30.4 Å². The van der Waals surface area contributed by atoms with Crippen LogP contribution in [0, 0.1) is 5.92 Å². The largest absolute Gasteiger partial charge is 0.431 e. The Morgan fingerprint density at radius 1 is 1.29 bits per heavy atom. The Morgan fingerprint density at radius 3 is 2.64 bits per heavy atom. The SMILES string of the molecule is CCC(C)[C@H](C)c1cnn(C)c1CC(=NC)NOC(=O)NCc1cnn(C)c1. The molecular formula is C19H31N7O2. The van der Waals surface area contributed by atoms with Gasteiger partial charge in [0, 0.05) is 45.1 Å². The lowest BCUT2D eigenvalue weighted by molar-refractivity contribution is 0.119. The van der Waals surface area contributed by atoms with Gasteiger partial charge in [-0.3, -0.25) is 14.4 Å².